The van der Waals surface area contributed by atoms with Gasteiger partial charge >= 0.3 is 0 Å². The fourth-order valence-corrected chi connectivity index (χ4v) is 2.45. The molecule has 6 nitrogen and oxygen atoms in total. The molecule has 3 rings (SSSR count). The lowest BCUT2D eigenvalue weighted by atomic mass is 10.1. The van der Waals surface area contributed by atoms with Crippen molar-refractivity contribution in [3.05, 3.63) is 70.6 Å². The first kappa shape index (κ1) is 16.1. The van der Waals surface area contributed by atoms with Crippen LogP contribution in [0.5, 0.6) is 0 Å². The number of halogens is 1. The topological polar surface area (TPSA) is 72.7 Å². The Kier molecular flexibility index (Phi) is 4.81. The van der Waals surface area contributed by atoms with Crippen LogP contribution in [0.2, 0.25) is 0 Å². The molecule has 1 N–H and O–H groups in total. The van der Waals surface area contributed by atoms with E-state index in [9.17, 15) is 4.79 Å². The average Bonchev–Trinajstić information content (AvgIpc) is 3.04. The largest absolute Gasteiger partial charge is 0.361 e. The van der Waals surface area contributed by atoms with Crippen LogP contribution in [0.3, 0.4) is 0 Å². The molecule has 0 saturated carbocycles. The number of rotatable bonds is 5. The van der Waals surface area contributed by atoms with E-state index in [0.717, 1.165) is 15.8 Å². The van der Waals surface area contributed by atoms with Gasteiger partial charge in [-0.15, -0.1) is 5.10 Å². The first-order chi connectivity index (χ1) is 11.6. The summed E-state index contributed by atoms with van der Waals surface area (Å²) in [6.07, 6.45) is 3.46. The van der Waals surface area contributed by atoms with E-state index in [-0.39, 0.29) is 5.78 Å². The Balaban J connectivity index is 1.81. The lowest BCUT2D eigenvalue weighted by Crippen LogP contribution is -2.01. The van der Waals surface area contributed by atoms with Crippen LogP contribution in [-0.4, -0.2) is 26.0 Å². The molecule has 0 aliphatic carbocycles. The number of Topliss-reactive ketones (excluding diaryl/α,β-unsaturated/α-hetero) is 1. The molecule has 0 bridgehead atoms. The molecule has 0 saturated heterocycles. The summed E-state index contributed by atoms with van der Waals surface area (Å²) in [7, 11) is 0. The van der Waals surface area contributed by atoms with E-state index in [2.05, 4.69) is 36.8 Å². The Labute approximate surface area is 147 Å². The van der Waals surface area contributed by atoms with Crippen molar-refractivity contribution in [1.29, 1.82) is 0 Å². The fraction of sp³-hybridized carbons (Fsp3) is 0.0588. The minimum absolute atomic E-state index is 0.00574. The number of para-hydroxylation sites is 1. The van der Waals surface area contributed by atoms with E-state index in [1.165, 1.54) is 6.92 Å². The number of hydrogen-bond donors (Lipinski definition) is 1. The van der Waals surface area contributed by atoms with Gasteiger partial charge in [0.15, 0.2) is 11.6 Å². The normalized spacial score (nSPS) is 10.9. The summed E-state index contributed by atoms with van der Waals surface area (Å²) in [6.45, 7) is 1.54. The van der Waals surface area contributed by atoms with E-state index in [4.69, 9.17) is 0 Å². The maximum atomic E-state index is 11.6. The lowest BCUT2D eigenvalue weighted by molar-refractivity contribution is 0.101. The van der Waals surface area contributed by atoms with Gasteiger partial charge in [-0.2, -0.15) is 4.68 Å². The van der Waals surface area contributed by atoms with E-state index >= 15 is 0 Å². The van der Waals surface area contributed by atoms with Gasteiger partial charge in [0.2, 0.25) is 0 Å². The van der Waals surface area contributed by atoms with Crippen LogP contribution in [-0.2, 0) is 0 Å². The number of nitrogens with zero attached hydrogens (tertiary/aromatic N) is 4. The van der Waals surface area contributed by atoms with Gasteiger partial charge in [-0.05, 0) is 53.7 Å². The zero-order valence-corrected chi connectivity index (χ0v) is 14.4. The molecular weight excluding hydrogens is 370 g/mol. The van der Waals surface area contributed by atoms with Crippen molar-refractivity contribution < 1.29 is 4.79 Å². The number of carbonyl (C=O) groups is 1. The maximum Gasteiger partial charge on any atom is 0.181 e. The highest BCUT2D eigenvalue weighted by molar-refractivity contribution is 9.10. The van der Waals surface area contributed by atoms with Crippen LogP contribution < -0.4 is 5.32 Å². The standard InChI is InChI=1S/C17H14BrN5O/c1-12(24)15-4-2-3-5-16(15)19-11-10-17-20-21-22-23(17)14-8-6-13(18)7-9-14/h2-11,19H,1H3. The van der Waals surface area contributed by atoms with Gasteiger partial charge < -0.3 is 5.32 Å². The van der Waals surface area contributed by atoms with Crippen LogP contribution in [0.4, 0.5) is 5.69 Å². The molecule has 0 amide bonds. The maximum absolute atomic E-state index is 11.6. The summed E-state index contributed by atoms with van der Waals surface area (Å²) in [5.41, 5.74) is 2.23. The Morgan fingerprint density at radius 2 is 1.92 bits per heavy atom. The van der Waals surface area contributed by atoms with E-state index in [1.54, 1.807) is 23.0 Å². The summed E-state index contributed by atoms with van der Waals surface area (Å²) < 4.78 is 2.61. The second-order valence-corrected chi connectivity index (χ2v) is 5.92. The van der Waals surface area contributed by atoms with E-state index in [1.807, 2.05) is 42.5 Å². The van der Waals surface area contributed by atoms with Crippen molar-refractivity contribution in [3.8, 4) is 5.69 Å². The monoisotopic (exact) mass is 383 g/mol. The number of carbonyl (C=O) groups excluding carboxylic acids is 1. The summed E-state index contributed by atoms with van der Waals surface area (Å²) >= 11 is 3.40. The SMILES string of the molecule is CC(=O)c1ccccc1NC=Cc1nnnn1-c1ccc(Br)cc1. The quantitative estimate of drug-likeness (QED) is 0.679. The summed E-state index contributed by atoms with van der Waals surface area (Å²) in [4.78, 5) is 11.6. The van der Waals surface area contributed by atoms with Crippen molar-refractivity contribution >= 4 is 33.5 Å². The average molecular weight is 384 g/mol. The highest BCUT2D eigenvalue weighted by Gasteiger charge is 2.06. The number of tetrazole rings is 1. The molecule has 24 heavy (non-hydrogen) atoms. The number of hydrogen-bond acceptors (Lipinski definition) is 5. The third kappa shape index (κ3) is 3.57. The molecule has 0 aliphatic heterocycles. The van der Waals surface area contributed by atoms with Gasteiger partial charge in [0.1, 0.15) is 0 Å². The van der Waals surface area contributed by atoms with Crippen molar-refractivity contribution in [2.24, 2.45) is 0 Å². The van der Waals surface area contributed by atoms with Crippen LogP contribution in [0.1, 0.15) is 23.1 Å². The minimum atomic E-state index is 0.00574. The second-order valence-electron chi connectivity index (χ2n) is 5.00. The minimum Gasteiger partial charge on any atom is -0.361 e. The highest BCUT2D eigenvalue weighted by atomic mass is 79.9. The number of nitrogens with one attached hydrogen (secondary N) is 1. The molecule has 0 atom stereocenters. The lowest BCUT2D eigenvalue weighted by Gasteiger charge is -2.06. The molecule has 7 heteroatoms. The molecule has 0 spiro atoms. The van der Waals surface area contributed by atoms with Crippen molar-refractivity contribution in [1.82, 2.24) is 20.2 Å². The van der Waals surface area contributed by atoms with Crippen LogP contribution in [0.25, 0.3) is 11.8 Å². The third-order valence-electron chi connectivity index (χ3n) is 3.34. The molecule has 1 aromatic heterocycles. The van der Waals surface area contributed by atoms with Crippen LogP contribution in [0.15, 0.2) is 59.2 Å². The molecule has 3 aromatic rings. The van der Waals surface area contributed by atoms with E-state index < -0.39 is 0 Å². The Morgan fingerprint density at radius 3 is 2.67 bits per heavy atom. The first-order valence-corrected chi connectivity index (χ1v) is 8.02. The zero-order valence-electron chi connectivity index (χ0n) is 12.8. The number of ketones is 1. The number of anilines is 1. The molecule has 1 heterocycles. The Bertz CT molecular complexity index is 886. The van der Waals surface area contributed by atoms with Crippen LogP contribution in [0, 0.1) is 0 Å². The van der Waals surface area contributed by atoms with E-state index in [0.29, 0.717) is 11.4 Å². The van der Waals surface area contributed by atoms with Gasteiger partial charge in [0, 0.05) is 28.0 Å². The summed E-state index contributed by atoms with van der Waals surface area (Å²) in [5.74, 6) is 0.580. The molecule has 0 radical (unpaired) electrons. The van der Waals surface area contributed by atoms with Gasteiger partial charge in [0.25, 0.3) is 0 Å². The molecule has 0 unspecified atom stereocenters. The first-order valence-electron chi connectivity index (χ1n) is 7.22. The van der Waals surface area contributed by atoms with Gasteiger partial charge in [0.05, 0.1) is 5.69 Å². The predicted octanol–water partition coefficient (Wildman–Crippen LogP) is 3.71. The molecular formula is C17H14BrN5O. The molecule has 0 aliphatic rings. The highest BCUT2D eigenvalue weighted by Crippen LogP contribution is 2.17. The van der Waals surface area contributed by atoms with Crippen molar-refractivity contribution in [2.75, 3.05) is 5.32 Å². The molecule has 0 fully saturated rings. The molecule has 2 aromatic carbocycles. The summed E-state index contributed by atoms with van der Waals surface area (Å²) in [6, 6.07) is 15.0. The fourth-order valence-electron chi connectivity index (χ4n) is 2.19. The smallest absolute Gasteiger partial charge is 0.181 e. The van der Waals surface area contributed by atoms with Gasteiger partial charge in [-0.25, -0.2) is 0 Å². The van der Waals surface area contributed by atoms with Gasteiger partial charge in [-0.1, -0.05) is 28.1 Å². The van der Waals surface area contributed by atoms with Gasteiger partial charge in [-0.3, -0.25) is 4.79 Å². The number of benzene rings is 2. The zero-order chi connectivity index (χ0) is 16.9. The second kappa shape index (κ2) is 7.18. The Morgan fingerprint density at radius 1 is 1.17 bits per heavy atom. The predicted molar refractivity (Wildman–Crippen MR) is 96.0 cm³/mol. The molecule has 120 valence electrons. The van der Waals surface area contributed by atoms with Crippen LogP contribution >= 0.6 is 15.9 Å². The number of aromatic nitrogens is 4. The van der Waals surface area contributed by atoms with Crippen molar-refractivity contribution in [2.45, 2.75) is 6.92 Å². The third-order valence-corrected chi connectivity index (χ3v) is 3.87. The summed E-state index contributed by atoms with van der Waals surface area (Å²) in [5, 5.41) is 14.8. The Hall–Kier alpha value is -2.80. The van der Waals surface area contributed by atoms with Crippen molar-refractivity contribution in [3.63, 3.8) is 0 Å².